The summed E-state index contributed by atoms with van der Waals surface area (Å²) < 4.78 is 4.94. The predicted octanol–water partition coefficient (Wildman–Crippen LogP) is 1.50. The van der Waals surface area contributed by atoms with Crippen molar-refractivity contribution in [2.24, 2.45) is 5.92 Å². The van der Waals surface area contributed by atoms with Gasteiger partial charge in [-0.15, -0.1) is 0 Å². The van der Waals surface area contributed by atoms with E-state index in [1.165, 1.54) is 0 Å². The maximum Gasteiger partial charge on any atom is 0.224 e. The molecule has 0 aliphatic carbocycles. The van der Waals surface area contributed by atoms with Gasteiger partial charge in [-0.3, -0.25) is 4.79 Å². The zero-order valence-corrected chi connectivity index (χ0v) is 13.1. The summed E-state index contributed by atoms with van der Waals surface area (Å²) in [5.41, 5.74) is 0. The van der Waals surface area contributed by atoms with Crippen LogP contribution < -0.4 is 10.2 Å². The number of hydrogen-bond acceptors (Lipinski definition) is 5. The van der Waals surface area contributed by atoms with Crippen LogP contribution in [0.1, 0.15) is 19.8 Å². The number of rotatable bonds is 5. The number of amides is 1. The molecule has 2 heterocycles. The topological polar surface area (TPSA) is 67.3 Å². The lowest BCUT2D eigenvalue weighted by Gasteiger charge is -2.38. The fraction of sp³-hybridized carbons (Fsp3) is 0.643. The van der Waals surface area contributed by atoms with Crippen LogP contribution in [0.25, 0.3) is 0 Å². The van der Waals surface area contributed by atoms with Gasteiger partial charge < -0.3 is 15.0 Å². The monoisotopic (exact) mass is 312 g/mol. The molecular weight excluding hydrogens is 292 g/mol. The molecule has 1 aliphatic heterocycles. The Morgan fingerprint density at radius 3 is 2.95 bits per heavy atom. The summed E-state index contributed by atoms with van der Waals surface area (Å²) >= 11 is 6.12. The van der Waals surface area contributed by atoms with Crippen LogP contribution in [0.5, 0.6) is 0 Å². The van der Waals surface area contributed by atoms with E-state index in [0.29, 0.717) is 36.7 Å². The summed E-state index contributed by atoms with van der Waals surface area (Å²) in [4.78, 5) is 22.6. The summed E-state index contributed by atoms with van der Waals surface area (Å²) in [6, 6.07) is 0.294. The second-order valence-electron chi connectivity index (χ2n) is 5.23. The summed E-state index contributed by atoms with van der Waals surface area (Å²) in [6.45, 7) is 3.78. The third kappa shape index (κ3) is 4.04. The molecule has 0 radical (unpaired) electrons. The van der Waals surface area contributed by atoms with Gasteiger partial charge in [0.25, 0.3) is 0 Å². The molecule has 1 aliphatic rings. The number of nitrogens with one attached hydrogen (secondary N) is 1. The summed E-state index contributed by atoms with van der Waals surface area (Å²) in [5, 5.41) is 3.27. The Balaban J connectivity index is 2.02. The average Bonchev–Trinajstić information content (AvgIpc) is 2.49. The molecule has 7 heteroatoms. The lowest BCUT2D eigenvalue weighted by Crippen LogP contribution is -2.48. The Kier molecular flexibility index (Phi) is 5.76. The van der Waals surface area contributed by atoms with Crippen LogP contribution in [0, 0.1) is 5.92 Å². The standard InChI is InChI=1S/C14H21ClN4O2/c1-10-3-4-11(14(20)18-7-8-21-2)9-19(10)13-12(15)16-5-6-17-13/h5-6,10-11H,3-4,7-9H2,1-2H3,(H,18,20)/t10-,11+/m1/s1. The van der Waals surface area contributed by atoms with Gasteiger partial charge >= 0.3 is 0 Å². The molecule has 0 bridgehead atoms. The van der Waals surface area contributed by atoms with E-state index in [1.54, 1.807) is 19.5 Å². The molecule has 1 saturated heterocycles. The normalized spacial score (nSPS) is 22.1. The Morgan fingerprint density at radius 1 is 1.48 bits per heavy atom. The molecule has 1 aromatic heterocycles. The van der Waals surface area contributed by atoms with Crippen molar-refractivity contribution in [2.45, 2.75) is 25.8 Å². The summed E-state index contributed by atoms with van der Waals surface area (Å²) in [6.07, 6.45) is 4.98. The number of carbonyl (C=O) groups is 1. The Labute approximate surface area is 129 Å². The number of hydrogen-bond donors (Lipinski definition) is 1. The smallest absolute Gasteiger partial charge is 0.224 e. The van der Waals surface area contributed by atoms with Crippen molar-refractivity contribution < 1.29 is 9.53 Å². The van der Waals surface area contributed by atoms with Gasteiger partial charge in [0.15, 0.2) is 11.0 Å². The van der Waals surface area contributed by atoms with Crippen molar-refractivity contribution in [3.05, 3.63) is 17.5 Å². The molecule has 2 atom stereocenters. The van der Waals surface area contributed by atoms with Crippen LogP contribution in [0.15, 0.2) is 12.4 Å². The highest BCUT2D eigenvalue weighted by atomic mass is 35.5. The quantitative estimate of drug-likeness (QED) is 0.835. The highest BCUT2D eigenvalue weighted by Crippen LogP contribution is 2.29. The minimum absolute atomic E-state index is 0.0591. The fourth-order valence-corrected chi connectivity index (χ4v) is 2.76. The van der Waals surface area contributed by atoms with Gasteiger partial charge in [-0.2, -0.15) is 0 Å². The lowest BCUT2D eigenvalue weighted by atomic mass is 9.92. The number of anilines is 1. The molecule has 0 unspecified atom stereocenters. The van der Waals surface area contributed by atoms with E-state index in [9.17, 15) is 4.79 Å². The number of ether oxygens (including phenoxy) is 1. The predicted molar refractivity (Wildman–Crippen MR) is 81.5 cm³/mol. The van der Waals surface area contributed by atoms with Crippen LogP contribution in [0.2, 0.25) is 5.15 Å². The first-order valence-corrected chi connectivity index (χ1v) is 7.51. The molecule has 1 fully saturated rings. The molecule has 21 heavy (non-hydrogen) atoms. The minimum Gasteiger partial charge on any atom is -0.383 e. The molecule has 0 aromatic carbocycles. The number of piperidine rings is 1. The van der Waals surface area contributed by atoms with Crippen molar-refractivity contribution in [3.8, 4) is 0 Å². The number of nitrogens with zero attached hydrogens (tertiary/aromatic N) is 3. The molecule has 1 amide bonds. The van der Waals surface area contributed by atoms with Gasteiger partial charge in [0, 0.05) is 38.6 Å². The number of halogens is 1. The van der Waals surface area contributed by atoms with Crippen LogP contribution in [-0.4, -0.2) is 48.7 Å². The van der Waals surface area contributed by atoms with Crippen LogP contribution in [-0.2, 0) is 9.53 Å². The fourth-order valence-electron chi connectivity index (χ4n) is 2.54. The van der Waals surface area contributed by atoms with Gasteiger partial charge in [-0.05, 0) is 19.8 Å². The van der Waals surface area contributed by atoms with Crippen molar-refractivity contribution in [1.82, 2.24) is 15.3 Å². The Bertz CT molecular complexity index is 486. The highest BCUT2D eigenvalue weighted by molar-refractivity contribution is 6.31. The van der Waals surface area contributed by atoms with E-state index < -0.39 is 0 Å². The van der Waals surface area contributed by atoms with Gasteiger partial charge in [0.2, 0.25) is 5.91 Å². The summed E-state index contributed by atoms with van der Waals surface area (Å²) in [5.74, 6) is 0.654. The lowest BCUT2D eigenvalue weighted by molar-refractivity contribution is -0.125. The van der Waals surface area contributed by atoms with Gasteiger partial charge in [0.05, 0.1) is 12.5 Å². The van der Waals surface area contributed by atoms with Gasteiger partial charge in [-0.25, -0.2) is 9.97 Å². The zero-order valence-electron chi connectivity index (χ0n) is 12.4. The van der Waals surface area contributed by atoms with Crippen LogP contribution >= 0.6 is 11.6 Å². The van der Waals surface area contributed by atoms with Crippen molar-refractivity contribution in [3.63, 3.8) is 0 Å². The maximum atomic E-state index is 12.2. The second kappa shape index (κ2) is 7.56. The highest BCUT2D eigenvalue weighted by Gasteiger charge is 2.31. The third-order valence-corrected chi connectivity index (χ3v) is 4.03. The first-order chi connectivity index (χ1) is 10.1. The van der Waals surface area contributed by atoms with Crippen LogP contribution in [0.4, 0.5) is 5.82 Å². The first-order valence-electron chi connectivity index (χ1n) is 7.13. The molecule has 1 N–H and O–H groups in total. The van der Waals surface area contributed by atoms with Crippen LogP contribution in [0.3, 0.4) is 0 Å². The molecule has 0 spiro atoms. The average molecular weight is 313 g/mol. The number of methoxy groups -OCH3 is 1. The third-order valence-electron chi connectivity index (χ3n) is 3.77. The van der Waals surface area contributed by atoms with Crippen molar-refractivity contribution in [1.29, 1.82) is 0 Å². The van der Waals surface area contributed by atoms with E-state index in [4.69, 9.17) is 16.3 Å². The largest absolute Gasteiger partial charge is 0.383 e. The first kappa shape index (κ1) is 16.0. The van der Waals surface area contributed by atoms with E-state index in [1.807, 2.05) is 0 Å². The van der Waals surface area contributed by atoms with E-state index in [-0.39, 0.29) is 11.8 Å². The van der Waals surface area contributed by atoms with Gasteiger partial charge in [0.1, 0.15) is 0 Å². The number of aromatic nitrogens is 2. The molecule has 0 saturated carbocycles. The minimum atomic E-state index is -0.0591. The second-order valence-corrected chi connectivity index (χ2v) is 5.59. The van der Waals surface area contributed by atoms with Crippen molar-refractivity contribution in [2.75, 3.05) is 31.7 Å². The van der Waals surface area contributed by atoms with E-state index in [2.05, 4.69) is 27.1 Å². The molecule has 116 valence electrons. The number of carbonyl (C=O) groups excluding carboxylic acids is 1. The van der Waals surface area contributed by atoms with Crippen molar-refractivity contribution >= 4 is 23.3 Å². The zero-order chi connectivity index (χ0) is 15.2. The van der Waals surface area contributed by atoms with Gasteiger partial charge in [-0.1, -0.05) is 11.6 Å². The molecular formula is C14H21ClN4O2. The Hall–Kier alpha value is -1.40. The molecule has 2 rings (SSSR count). The summed E-state index contributed by atoms with van der Waals surface area (Å²) in [7, 11) is 1.62. The maximum absolute atomic E-state index is 12.2. The SMILES string of the molecule is COCCNC(=O)[C@H]1CC[C@@H](C)N(c2nccnc2Cl)C1. The molecule has 1 aromatic rings. The Morgan fingerprint density at radius 2 is 2.24 bits per heavy atom. The molecule has 6 nitrogen and oxygen atoms in total. The van der Waals surface area contributed by atoms with E-state index >= 15 is 0 Å². The van der Waals surface area contributed by atoms with E-state index in [0.717, 1.165) is 12.8 Å².